The third-order valence-corrected chi connectivity index (χ3v) is 4.71. The molecule has 0 fully saturated rings. The maximum atomic E-state index is 13.1. The molecule has 7 nitrogen and oxygen atoms in total. The highest BCUT2D eigenvalue weighted by atomic mass is 16.5. The Hall–Kier alpha value is -3.61. The van der Waals surface area contributed by atoms with Crippen LogP contribution in [0, 0.1) is 0 Å². The van der Waals surface area contributed by atoms with Gasteiger partial charge in [0.2, 0.25) is 5.91 Å². The molecule has 0 saturated carbocycles. The molecule has 2 aromatic carbocycles. The van der Waals surface area contributed by atoms with Gasteiger partial charge in [0.15, 0.2) is 0 Å². The van der Waals surface area contributed by atoms with E-state index < -0.39 is 0 Å². The zero-order valence-electron chi connectivity index (χ0n) is 18.0. The molecule has 0 atom stereocenters. The Bertz CT molecular complexity index is 994. The second-order valence-corrected chi connectivity index (χ2v) is 7.27. The summed E-state index contributed by atoms with van der Waals surface area (Å²) in [4.78, 5) is 38.6. The lowest BCUT2D eigenvalue weighted by Crippen LogP contribution is -2.33. The lowest BCUT2D eigenvalue weighted by atomic mass is 10.0. The molecule has 31 heavy (non-hydrogen) atoms. The Morgan fingerprint density at radius 3 is 2.13 bits per heavy atom. The van der Waals surface area contributed by atoms with Gasteiger partial charge in [0.1, 0.15) is 11.4 Å². The number of nitrogens with one attached hydrogen (secondary N) is 2. The van der Waals surface area contributed by atoms with Gasteiger partial charge in [0, 0.05) is 24.8 Å². The van der Waals surface area contributed by atoms with Crippen molar-refractivity contribution in [2.24, 2.45) is 0 Å². The first-order valence-electron chi connectivity index (χ1n) is 10.4. The molecule has 0 aliphatic carbocycles. The minimum Gasteiger partial charge on any atom is -0.494 e. The van der Waals surface area contributed by atoms with Crippen LogP contribution in [-0.2, 0) is 14.4 Å². The molecule has 1 heterocycles. The fraction of sp³-hybridized carbons (Fsp3) is 0.292. The lowest BCUT2D eigenvalue weighted by molar-refractivity contribution is -0.136. The number of anilines is 2. The summed E-state index contributed by atoms with van der Waals surface area (Å²) in [6, 6.07) is 14.2. The molecule has 0 aromatic heterocycles. The molecule has 0 saturated heterocycles. The molecular weight excluding hydrogens is 394 g/mol. The Balaban J connectivity index is 1.93. The maximum absolute atomic E-state index is 13.1. The van der Waals surface area contributed by atoms with Crippen LogP contribution >= 0.6 is 0 Å². The second kappa shape index (κ2) is 9.93. The van der Waals surface area contributed by atoms with Gasteiger partial charge < -0.3 is 15.4 Å². The Labute approximate surface area is 182 Å². The number of hydrogen-bond acceptors (Lipinski definition) is 5. The summed E-state index contributed by atoms with van der Waals surface area (Å²) in [5.41, 5.74) is 2.53. The van der Waals surface area contributed by atoms with E-state index in [0.29, 0.717) is 42.1 Å². The average molecular weight is 421 g/mol. The topological polar surface area (TPSA) is 87.7 Å². The third-order valence-electron chi connectivity index (χ3n) is 4.71. The van der Waals surface area contributed by atoms with E-state index in [4.69, 9.17) is 4.74 Å². The maximum Gasteiger partial charge on any atom is 0.278 e. The van der Waals surface area contributed by atoms with E-state index in [1.807, 2.05) is 13.8 Å². The molecule has 3 rings (SSSR count). The summed E-state index contributed by atoms with van der Waals surface area (Å²) in [5.74, 6) is -0.106. The average Bonchev–Trinajstić information content (AvgIpc) is 2.98. The highest BCUT2D eigenvalue weighted by Crippen LogP contribution is 2.31. The summed E-state index contributed by atoms with van der Waals surface area (Å²) in [7, 11) is 0. The van der Waals surface area contributed by atoms with Crippen molar-refractivity contribution in [2.45, 2.75) is 33.6 Å². The fourth-order valence-corrected chi connectivity index (χ4v) is 3.31. The van der Waals surface area contributed by atoms with Gasteiger partial charge in [0.05, 0.1) is 12.2 Å². The van der Waals surface area contributed by atoms with Gasteiger partial charge in [-0.15, -0.1) is 0 Å². The van der Waals surface area contributed by atoms with Crippen LogP contribution in [0.3, 0.4) is 0 Å². The molecule has 0 bridgehead atoms. The van der Waals surface area contributed by atoms with Crippen molar-refractivity contribution in [3.8, 4) is 5.75 Å². The fourth-order valence-electron chi connectivity index (χ4n) is 3.31. The highest BCUT2D eigenvalue weighted by Gasteiger charge is 2.38. The quantitative estimate of drug-likeness (QED) is 0.597. The van der Waals surface area contributed by atoms with E-state index >= 15 is 0 Å². The van der Waals surface area contributed by atoms with Crippen LogP contribution in [0.25, 0.3) is 5.57 Å². The van der Waals surface area contributed by atoms with Gasteiger partial charge in [-0.1, -0.05) is 26.0 Å². The van der Waals surface area contributed by atoms with Crippen molar-refractivity contribution in [3.05, 3.63) is 59.8 Å². The predicted octanol–water partition coefficient (Wildman–Crippen LogP) is 4.04. The number of benzene rings is 2. The van der Waals surface area contributed by atoms with Gasteiger partial charge in [0.25, 0.3) is 11.8 Å². The zero-order chi connectivity index (χ0) is 22.4. The van der Waals surface area contributed by atoms with Crippen LogP contribution < -0.4 is 15.4 Å². The van der Waals surface area contributed by atoms with Crippen LogP contribution in [-0.4, -0.2) is 35.8 Å². The molecule has 2 aromatic rings. The molecule has 1 aliphatic rings. The van der Waals surface area contributed by atoms with Crippen molar-refractivity contribution in [1.82, 2.24) is 4.90 Å². The third kappa shape index (κ3) is 5.12. The van der Waals surface area contributed by atoms with Gasteiger partial charge in [-0.3, -0.25) is 19.3 Å². The van der Waals surface area contributed by atoms with E-state index in [-0.39, 0.29) is 23.4 Å². The Kier molecular flexibility index (Phi) is 7.07. The second-order valence-electron chi connectivity index (χ2n) is 7.27. The normalized spacial score (nSPS) is 13.6. The van der Waals surface area contributed by atoms with Crippen LogP contribution in [0.5, 0.6) is 5.75 Å². The summed E-state index contributed by atoms with van der Waals surface area (Å²) >= 11 is 0. The molecule has 2 N–H and O–H groups in total. The molecule has 1 aliphatic heterocycles. The van der Waals surface area contributed by atoms with Crippen LogP contribution in [0.2, 0.25) is 0 Å². The van der Waals surface area contributed by atoms with Crippen molar-refractivity contribution >= 4 is 34.7 Å². The van der Waals surface area contributed by atoms with Crippen molar-refractivity contribution in [3.63, 3.8) is 0 Å². The van der Waals surface area contributed by atoms with Crippen molar-refractivity contribution < 1.29 is 19.1 Å². The number of nitrogens with zero attached hydrogens (tertiary/aromatic N) is 1. The number of rotatable bonds is 9. The van der Waals surface area contributed by atoms with Crippen LogP contribution in [0.1, 0.15) is 39.2 Å². The number of carbonyl (C=O) groups excluding carboxylic acids is 3. The van der Waals surface area contributed by atoms with E-state index in [9.17, 15) is 14.4 Å². The van der Waals surface area contributed by atoms with Gasteiger partial charge >= 0.3 is 0 Å². The number of imide groups is 1. The minimum atomic E-state index is -0.348. The summed E-state index contributed by atoms with van der Waals surface area (Å²) in [6.07, 6.45) is 1.58. The van der Waals surface area contributed by atoms with Crippen LogP contribution in [0.15, 0.2) is 54.2 Å². The summed E-state index contributed by atoms with van der Waals surface area (Å²) in [5, 5.41) is 5.81. The molecular formula is C24H27N3O4. The van der Waals surface area contributed by atoms with E-state index in [2.05, 4.69) is 10.6 Å². The van der Waals surface area contributed by atoms with Gasteiger partial charge in [-0.25, -0.2) is 0 Å². The first-order valence-corrected chi connectivity index (χ1v) is 10.4. The van der Waals surface area contributed by atoms with Crippen molar-refractivity contribution in [2.75, 3.05) is 23.8 Å². The molecule has 7 heteroatoms. The highest BCUT2D eigenvalue weighted by molar-refractivity contribution is 6.36. The number of carbonyl (C=O) groups is 3. The molecule has 0 radical (unpaired) electrons. The molecule has 0 spiro atoms. The molecule has 3 amide bonds. The number of ether oxygens (including phenoxy) is 1. The first kappa shape index (κ1) is 22.1. The van der Waals surface area contributed by atoms with E-state index in [0.717, 1.165) is 12.2 Å². The monoisotopic (exact) mass is 421 g/mol. The summed E-state index contributed by atoms with van der Waals surface area (Å²) < 4.78 is 5.62. The lowest BCUT2D eigenvalue weighted by Gasteiger charge is -2.14. The molecule has 0 unspecified atom stereocenters. The molecule has 162 valence electrons. The van der Waals surface area contributed by atoms with E-state index in [1.165, 1.54) is 11.8 Å². The minimum absolute atomic E-state index is 0.163. The Morgan fingerprint density at radius 2 is 1.55 bits per heavy atom. The van der Waals surface area contributed by atoms with E-state index in [1.54, 1.807) is 48.5 Å². The smallest absolute Gasteiger partial charge is 0.278 e. The van der Waals surface area contributed by atoms with Gasteiger partial charge in [-0.2, -0.15) is 0 Å². The van der Waals surface area contributed by atoms with Gasteiger partial charge in [-0.05, 0) is 54.8 Å². The predicted molar refractivity (Wildman–Crippen MR) is 121 cm³/mol. The number of hydrogen-bond donors (Lipinski definition) is 2. The van der Waals surface area contributed by atoms with Crippen LogP contribution in [0.4, 0.5) is 11.4 Å². The SMILES string of the molecule is CCCOc1ccc(C2=C(Nc3ccc(NC(C)=O)cc3)C(=O)N(CCC)C2=O)cc1. The zero-order valence-corrected chi connectivity index (χ0v) is 18.0. The number of amides is 3. The van der Waals surface area contributed by atoms with Crippen molar-refractivity contribution in [1.29, 1.82) is 0 Å². The first-order chi connectivity index (χ1) is 14.9. The summed E-state index contributed by atoms with van der Waals surface area (Å²) in [6.45, 7) is 6.36. The Morgan fingerprint density at radius 1 is 0.903 bits per heavy atom. The largest absolute Gasteiger partial charge is 0.494 e. The standard InChI is InChI=1S/C24H27N3O4/c1-4-14-27-23(29)21(17-6-12-20(13-7-17)31-15-5-2)22(24(27)30)26-19-10-8-18(9-11-19)25-16(3)28/h6-13,26H,4-5,14-15H2,1-3H3,(H,25,28).